The minimum absolute atomic E-state index is 0.0142. The molecule has 2 aromatic heterocycles. The lowest BCUT2D eigenvalue weighted by molar-refractivity contribution is -0.138. The first-order valence-corrected chi connectivity index (χ1v) is 14.0. The lowest BCUT2D eigenvalue weighted by Gasteiger charge is -2.23. The third kappa shape index (κ3) is 6.57. The number of nitrogens with one attached hydrogen (secondary N) is 1. The fourth-order valence-corrected chi connectivity index (χ4v) is 5.00. The van der Waals surface area contributed by atoms with Crippen LogP contribution in [0.1, 0.15) is 76.9 Å². The van der Waals surface area contributed by atoms with E-state index in [1.165, 1.54) is 42.0 Å². The highest BCUT2D eigenvalue weighted by molar-refractivity contribution is 7.91. The van der Waals surface area contributed by atoms with Crippen molar-refractivity contribution in [3.05, 3.63) is 76.1 Å². The second-order valence-electron chi connectivity index (χ2n) is 10.2. The number of hydrogen-bond acceptors (Lipinski definition) is 6. The van der Waals surface area contributed by atoms with Crippen LogP contribution in [0.25, 0.3) is 0 Å². The van der Waals surface area contributed by atoms with Crippen LogP contribution in [-0.2, 0) is 34.5 Å². The van der Waals surface area contributed by atoms with E-state index in [0.717, 1.165) is 6.07 Å². The van der Waals surface area contributed by atoms with Crippen LogP contribution >= 0.6 is 0 Å². The van der Waals surface area contributed by atoms with E-state index in [2.05, 4.69) is 15.3 Å². The van der Waals surface area contributed by atoms with Gasteiger partial charge in [0.1, 0.15) is 11.5 Å². The summed E-state index contributed by atoms with van der Waals surface area (Å²) in [7, 11) is -3.43. The fraction of sp³-hybridized carbons (Fsp3) is 0.407. The summed E-state index contributed by atoms with van der Waals surface area (Å²) >= 11 is 0. The number of rotatable bonds is 9. The number of benzene rings is 1. The van der Waals surface area contributed by atoms with E-state index in [0.29, 0.717) is 11.5 Å². The molecule has 3 aromatic rings. The van der Waals surface area contributed by atoms with Crippen LogP contribution in [0, 0.1) is 6.92 Å². The minimum Gasteiger partial charge on any atom is -0.345 e. The Morgan fingerprint density at radius 3 is 2.27 bits per heavy atom. The van der Waals surface area contributed by atoms with Crippen LogP contribution in [0.2, 0.25) is 0 Å². The lowest BCUT2D eigenvalue weighted by atomic mass is 9.94. The molecule has 13 heteroatoms. The van der Waals surface area contributed by atoms with Gasteiger partial charge in [-0.1, -0.05) is 45.9 Å². The number of Topliss-reactive ketones (excluding diaryl/α,β-unsaturated/α-hetero) is 1. The van der Waals surface area contributed by atoms with Gasteiger partial charge in [-0.25, -0.2) is 17.8 Å². The number of carbonyl (C=O) groups excluding carboxylic acids is 2. The molecule has 0 aliphatic rings. The maximum atomic E-state index is 14.0. The third-order valence-corrected chi connectivity index (χ3v) is 7.98. The molecule has 2 heterocycles. The summed E-state index contributed by atoms with van der Waals surface area (Å²) < 4.78 is 80.6. The Bertz CT molecular complexity index is 1520. The predicted octanol–water partition coefficient (Wildman–Crippen LogP) is 4.83. The quantitative estimate of drug-likeness (QED) is 0.286. The van der Waals surface area contributed by atoms with E-state index >= 15 is 0 Å². The van der Waals surface area contributed by atoms with Gasteiger partial charge in [-0.05, 0) is 24.6 Å². The Hall–Kier alpha value is -3.61. The first-order valence-electron chi connectivity index (χ1n) is 12.3. The molecule has 1 N–H and O–H groups in total. The van der Waals surface area contributed by atoms with Gasteiger partial charge in [0.05, 0.1) is 28.5 Å². The average Bonchev–Trinajstić information content (AvgIpc) is 3.22. The molecule has 0 saturated heterocycles. The summed E-state index contributed by atoms with van der Waals surface area (Å²) in [6.45, 7) is 6.44. The monoisotopic (exact) mass is 582 g/mol. The van der Waals surface area contributed by atoms with Gasteiger partial charge in [-0.3, -0.25) is 14.6 Å². The van der Waals surface area contributed by atoms with Crippen LogP contribution in [0.4, 0.5) is 17.6 Å². The van der Waals surface area contributed by atoms with E-state index in [-0.39, 0.29) is 40.7 Å². The fourth-order valence-electron chi connectivity index (χ4n) is 4.18. The van der Waals surface area contributed by atoms with Crippen molar-refractivity contribution in [2.75, 3.05) is 12.4 Å². The summed E-state index contributed by atoms with van der Waals surface area (Å²) in [6, 6.07) is 6.27. The molecule has 40 heavy (non-hydrogen) atoms. The highest BCUT2D eigenvalue weighted by Crippen LogP contribution is 2.36. The van der Waals surface area contributed by atoms with Crippen LogP contribution < -0.4 is 5.32 Å². The summed E-state index contributed by atoms with van der Waals surface area (Å²) in [5.74, 6) is -1.63. The molecule has 3 rings (SSSR count). The first kappa shape index (κ1) is 30.9. The Kier molecular flexibility index (Phi) is 8.87. The number of hydrogen-bond donors (Lipinski definition) is 1. The topological polar surface area (TPSA) is 111 Å². The molecule has 0 saturated carbocycles. The van der Waals surface area contributed by atoms with Crippen LogP contribution in [-0.4, -0.2) is 47.1 Å². The van der Waals surface area contributed by atoms with Crippen LogP contribution in [0.5, 0.6) is 0 Å². The average molecular weight is 583 g/mol. The Morgan fingerprint density at radius 2 is 1.75 bits per heavy atom. The summed E-state index contributed by atoms with van der Waals surface area (Å²) in [5, 5.41) is 2.66. The number of nitrogens with zero attached hydrogens (tertiary/aromatic N) is 3. The molecule has 1 amide bonds. The van der Waals surface area contributed by atoms with Gasteiger partial charge in [0.25, 0.3) is 5.91 Å². The molecule has 1 aromatic carbocycles. The number of sulfone groups is 1. The molecule has 0 aliphatic carbocycles. The van der Waals surface area contributed by atoms with Gasteiger partial charge in [-0.15, -0.1) is 0 Å². The van der Waals surface area contributed by atoms with Crippen molar-refractivity contribution in [2.45, 2.75) is 64.2 Å². The molecule has 0 atom stereocenters. The summed E-state index contributed by atoms with van der Waals surface area (Å²) in [4.78, 5) is 33.6. The second-order valence-corrected chi connectivity index (χ2v) is 12.4. The molecule has 0 fully saturated rings. The van der Waals surface area contributed by atoms with Gasteiger partial charge < -0.3 is 9.88 Å². The molecule has 0 aliphatic heterocycles. The molecule has 8 nitrogen and oxygen atoms in total. The van der Waals surface area contributed by atoms with E-state index in [1.807, 2.05) is 0 Å². The summed E-state index contributed by atoms with van der Waals surface area (Å²) in [6.07, 6.45) is -3.72. The lowest BCUT2D eigenvalue weighted by Crippen LogP contribution is -2.25. The standard InChI is InChI=1S/C27H30F4N4O4S/c1-6-40(38,39)19-11-10-18(32-14-19)13-33-24(37)23-16(2)35(25(34-23)26(3,4)5)15-17-8-7-9-20(21(36)12-28)22(17)27(29,30)31/h7-11,14H,6,12-13,15H2,1-5H3,(H,33,37). The number of pyridine rings is 1. The van der Waals surface area contributed by atoms with E-state index in [9.17, 15) is 35.6 Å². The van der Waals surface area contributed by atoms with E-state index in [4.69, 9.17) is 0 Å². The number of halogens is 4. The number of carbonyl (C=O) groups is 2. The Labute approximate surface area is 229 Å². The molecule has 0 bridgehead atoms. The van der Waals surface area contributed by atoms with Gasteiger partial charge in [-0.2, -0.15) is 13.2 Å². The smallest absolute Gasteiger partial charge is 0.345 e. The molecule has 0 radical (unpaired) electrons. The van der Waals surface area contributed by atoms with Crippen LogP contribution in [0.15, 0.2) is 41.4 Å². The zero-order chi connectivity index (χ0) is 30.0. The van der Waals surface area contributed by atoms with Crippen molar-refractivity contribution in [1.29, 1.82) is 0 Å². The number of amides is 1. The zero-order valence-electron chi connectivity index (χ0n) is 22.7. The number of imidazole rings is 1. The zero-order valence-corrected chi connectivity index (χ0v) is 23.5. The van der Waals surface area contributed by atoms with Crippen LogP contribution in [0.3, 0.4) is 0 Å². The largest absolute Gasteiger partial charge is 0.417 e. The van der Waals surface area contributed by atoms with Gasteiger partial charge >= 0.3 is 6.18 Å². The van der Waals surface area contributed by atoms with Gasteiger partial charge in [0, 0.05) is 29.4 Å². The minimum atomic E-state index is -4.92. The highest BCUT2D eigenvalue weighted by Gasteiger charge is 2.38. The Balaban J connectivity index is 1.97. The van der Waals surface area contributed by atoms with Gasteiger partial charge in [0.15, 0.2) is 22.3 Å². The molecule has 0 unspecified atom stereocenters. The second kappa shape index (κ2) is 11.5. The van der Waals surface area contributed by atoms with E-state index in [1.54, 1.807) is 27.7 Å². The SMILES string of the molecule is CCS(=O)(=O)c1ccc(CNC(=O)c2nc(C(C)(C)C)n(Cc3cccc(C(=O)CF)c3C(F)(F)F)c2C)nc1. The highest BCUT2D eigenvalue weighted by atomic mass is 32.2. The van der Waals surface area contributed by atoms with Crippen molar-refractivity contribution in [3.8, 4) is 0 Å². The number of ketones is 1. The van der Waals surface area contributed by atoms with E-state index < -0.39 is 50.9 Å². The number of alkyl halides is 4. The maximum absolute atomic E-state index is 14.0. The summed E-state index contributed by atoms with van der Waals surface area (Å²) in [5.41, 5.74) is -2.27. The first-order chi connectivity index (χ1) is 18.5. The normalized spacial score (nSPS) is 12.4. The van der Waals surface area contributed by atoms with Crippen molar-refractivity contribution >= 4 is 21.5 Å². The predicted molar refractivity (Wildman–Crippen MR) is 140 cm³/mol. The molecule has 0 spiro atoms. The van der Waals surface area contributed by atoms with Crippen molar-refractivity contribution in [1.82, 2.24) is 19.9 Å². The van der Waals surface area contributed by atoms with Gasteiger partial charge in [0.2, 0.25) is 0 Å². The molecule has 216 valence electrons. The molecular weight excluding hydrogens is 552 g/mol. The van der Waals surface area contributed by atoms with Crippen molar-refractivity contribution in [3.63, 3.8) is 0 Å². The molecular formula is C27H30F4N4O4S. The van der Waals surface area contributed by atoms with Crippen molar-refractivity contribution in [2.24, 2.45) is 0 Å². The number of aromatic nitrogens is 3. The van der Waals surface area contributed by atoms with Crippen molar-refractivity contribution < 1.29 is 35.6 Å². The Morgan fingerprint density at radius 1 is 1.07 bits per heavy atom. The maximum Gasteiger partial charge on any atom is 0.417 e. The third-order valence-electron chi connectivity index (χ3n) is 6.26.